The fourth-order valence-corrected chi connectivity index (χ4v) is 2.94. The standard InChI is InChI=1S/C9H14N2O2.C4H4O4/c1-12-9-8-6-3-2-5(10-6)4-7(8)13-11-9;5-3(6)1-2-4(7)8/h5-8,10H,2-4H2,1H3;1-2H,(H,5,6)(H,7,8)/b;2-1+. The number of ether oxygens (including phenoxy) is 1. The molecule has 21 heavy (non-hydrogen) atoms. The number of methoxy groups -OCH3 is 1. The van der Waals surface area contributed by atoms with Crippen LogP contribution in [0.4, 0.5) is 0 Å². The van der Waals surface area contributed by atoms with E-state index in [1.165, 1.54) is 12.8 Å². The highest BCUT2D eigenvalue weighted by atomic mass is 16.7. The Bertz CT molecular complexity index is 459. The van der Waals surface area contributed by atoms with Gasteiger partial charge in [0, 0.05) is 30.7 Å². The topological polar surface area (TPSA) is 117 Å². The first kappa shape index (κ1) is 15.3. The van der Waals surface area contributed by atoms with Gasteiger partial charge < -0.3 is 25.1 Å². The average Bonchev–Trinajstić information content (AvgIpc) is 3.02. The molecule has 0 aliphatic carbocycles. The number of aliphatic carboxylic acids is 2. The smallest absolute Gasteiger partial charge is 0.328 e. The van der Waals surface area contributed by atoms with Crippen molar-refractivity contribution in [2.45, 2.75) is 37.5 Å². The second kappa shape index (κ2) is 6.57. The first-order valence-electron chi connectivity index (χ1n) is 6.69. The molecule has 3 N–H and O–H groups in total. The molecule has 0 aromatic rings. The predicted octanol–water partition coefficient (Wildman–Crippen LogP) is 0.197. The van der Waals surface area contributed by atoms with E-state index in [1.54, 1.807) is 7.11 Å². The summed E-state index contributed by atoms with van der Waals surface area (Å²) in [6, 6.07) is 1.18. The van der Waals surface area contributed by atoms with Crippen molar-refractivity contribution in [3.8, 4) is 0 Å². The Balaban J connectivity index is 0.000000177. The second-order valence-electron chi connectivity index (χ2n) is 5.10. The van der Waals surface area contributed by atoms with Crippen LogP contribution in [0.3, 0.4) is 0 Å². The van der Waals surface area contributed by atoms with Crippen LogP contribution in [0, 0.1) is 5.92 Å². The maximum atomic E-state index is 9.55. The number of oxime groups is 1. The molecule has 3 heterocycles. The minimum absolute atomic E-state index is 0.272. The molecular formula is C13H18N2O6. The van der Waals surface area contributed by atoms with Gasteiger partial charge >= 0.3 is 11.9 Å². The molecule has 0 amide bonds. The number of nitrogens with zero attached hydrogens (tertiary/aromatic N) is 1. The van der Waals surface area contributed by atoms with Crippen molar-refractivity contribution in [3.63, 3.8) is 0 Å². The molecule has 4 atom stereocenters. The number of rotatable bonds is 2. The van der Waals surface area contributed by atoms with Crippen molar-refractivity contribution in [1.82, 2.24) is 5.32 Å². The van der Waals surface area contributed by atoms with Gasteiger partial charge in [0.2, 0.25) is 5.90 Å². The van der Waals surface area contributed by atoms with Crippen LogP contribution in [0.15, 0.2) is 17.3 Å². The second-order valence-corrected chi connectivity index (χ2v) is 5.10. The van der Waals surface area contributed by atoms with E-state index >= 15 is 0 Å². The monoisotopic (exact) mass is 298 g/mol. The highest BCUT2D eigenvalue weighted by molar-refractivity contribution is 5.89. The Labute approximate surface area is 121 Å². The van der Waals surface area contributed by atoms with Crippen molar-refractivity contribution in [2.24, 2.45) is 11.1 Å². The van der Waals surface area contributed by atoms with Gasteiger partial charge in [-0.1, -0.05) is 5.16 Å². The molecule has 3 rings (SSSR count). The van der Waals surface area contributed by atoms with Crippen LogP contribution in [-0.2, 0) is 19.2 Å². The minimum atomic E-state index is -1.26. The Morgan fingerprint density at radius 3 is 2.57 bits per heavy atom. The van der Waals surface area contributed by atoms with E-state index in [4.69, 9.17) is 19.8 Å². The minimum Gasteiger partial charge on any atom is -0.482 e. The zero-order chi connectivity index (χ0) is 15.4. The molecular weight excluding hydrogens is 280 g/mol. The fraction of sp³-hybridized carbons (Fsp3) is 0.615. The third-order valence-electron chi connectivity index (χ3n) is 3.77. The van der Waals surface area contributed by atoms with Crippen LogP contribution in [0.1, 0.15) is 19.3 Å². The largest absolute Gasteiger partial charge is 0.482 e. The van der Waals surface area contributed by atoms with E-state index < -0.39 is 11.9 Å². The lowest BCUT2D eigenvalue weighted by Crippen LogP contribution is -2.49. The quantitative estimate of drug-likeness (QED) is 0.623. The molecule has 4 unspecified atom stereocenters. The molecule has 3 aliphatic heterocycles. The summed E-state index contributed by atoms with van der Waals surface area (Å²) in [7, 11) is 1.67. The third kappa shape index (κ3) is 3.72. The summed E-state index contributed by atoms with van der Waals surface area (Å²) in [5.74, 6) is -1.37. The molecule has 2 saturated heterocycles. The Morgan fingerprint density at radius 2 is 2.00 bits per heavy atom. The van der Waals surface area contributed by atoms with Crippen LogP contribution < -0.4 is 5.32 Å². The molecule has 3 aliphatic rings. The Hall–Kier alpha value is -2.09. The summed E-state index contributed by atoms with van der Waals surface area (Å²) in [4.78, 5) is 24.5. The summed E-state index contributed by atoms with van der Waals surface area (Å²) in [5.41, 5.74) is 0. The third-order valence-corrected chi connectivity index (χ3v) is 3.77. The number of hydrogen-bond acceptors (Lipinski definition) is 6. The van der Waals surface area contributed by atoms with Crippen LogP contribution in [0.2, 0.25) is 0 Å². The first-order chi connectivity index (χ1) is 10.0. The van der Waals surface area contributed by atoms with E-state index in [2.05, 4.69) is 10.5 Å². The number of fused-ring (bicyclic) bond motifs is 4. The molecule has 2 bridgehead atoms. The number of carboxylic acid groups (broad SMARTS) is 2. The van der Waals surface area contributed by atoms with Crippen LogP contribution >= 0.6 is 0 Å². The molecule has 8 nitrogen and oxygen atoms in total. The molecule has 0 spiro atoms. The van der Waals surface area contributed by atoms with Crippen LogP contribution in [-0.4, -0.2) is 53.3 Å². The zero-order valence-corrected chi connectivity index (χ0v) is 11.6. The number of carboxylic acids is 2. The lowest BCUT2D eigenvalue weighted by atomic mass is 9.89. The van der Waals surface area contributed by atoms with Gasteiger partial charge in [-0.05, 0) is 12.8 Å². The van der Waals surface area contributed by atoms with Crippen molar-refractivity contribution in [3.05, 3.63) is 12.2 Å². The molecule has 116 valence electrons. The maximum absolute atomic E-state index is 9.55. The Morgan fingerprint density at radius 1 is 1.33 bits per heavy atom. The SMILES string of the molecule is COC1=NOC2CC3CCC(N3)C12.O=C(O)/C=C/C(=O)O. The van der Waals surface area contributed by atoms with Crippen molar-refractivity contribution < 1.29 is 29.4 Å². The van der Waals surface area contributed by atoms with Crippen LogP contribution in [0.25, 0.3) is 0 Å². The van der Waals surface area contributed by atoms with Gasteiger partial charge in [-0.15, -0.1) is 0 Å². The molecule has 2 fully saturated rings. The van der Waals surface area contributed by atoms with Gasteiger partial charge in [0.05, 0.1) is 13.0 Å². The summed E-state index contributed by atoms with van der Waals surface area (Å²) in [6.45, 7) is 0. The summed E-state index contributed by atoms with van der Waals surface area (Å²) >= 11 is 0. The van der Waals surface area contributed by atoms with E-state index in [0.29, 0.717) is 30.2 Å². The predicted molar refractivity (Wildman–Crippen MR) is 71.8 cm³/mol. The Kier molecular flexibility index (Phi) is 4.79. The normalized spacial score (nSPS) is 32.5. The molecule has 0 saturated carbocycles. The zero-order valence-electron chi connectivity index (χ0n) is 11.6. The van der Waals surface area contributed by atoms with E-state index in [1.807, 2.05) is 0 Å². The first-order valence-corrected chi connectivity index (χ1v) is 6.69. The van der Waals surface area contributed by atoms with Gasteiger partial charge in [-0.25, -0.2) is 9.59 Å². The summed E-state index contributed by atoms with van der Waals surface area (Å²) < 4.78 is 5.22. The van der Waals surface area contributed by atoms with Crippen molar-refractivity contribution >= 4 is 17.8 Å². The average molecular weight is 298 g/mol. The number of nitrogens with one attached hydrogen (secondary N) is 1. The lowest BCUT2D eigenvalue weighted by molar-refractivity contribution is -0.134. The molecule has 0 radical (unpaired) electrons. The van der Waals surface area contributed by atoms with Crippen molar-refractivity contribution in [2.75, 3.05) is 7.11 Å². The number of hydrogen-bond donors (Lipinski definition) is 3. The summed E-state index contributed by atoms with van der Waals surface area (Å²) in [5, 5.41) is 23.2. The number of carbonyl (C=O) groups is 2. The maximum Gasteiger partial charge on any atom is 0.328 e. The van der Waals surface area contributed by atoms with Crippen molar-refractivity contribution in [1.29, 1.82) is 0 Å². The van der Waals surface area contributed by atoms with Gasteiger partial charge in [0.1, 0.15) is 6.10 Å². The van der Waals surface area contributed by atoms with Gasteiger partial charge in [-0.2, -0.15) is 0 Å². The molecule has 0 aromatic heterocycles. The van der Waals surface area contributed by atoms with E-state index in [0.717, 1.165) is 12.3 Å². The molecule has 0 aromatic carbocycles. The van der Waals surface area contributed by atoms with Crippen LogP contribution in [0.5, 0.6) is 0 Å². The van der Waals surface area contributed by atoms with E-state index in [9.17, 15) is 9.59 Å². The van der Waals surface area contributed by atoms with Gasteiger partial charge in [0.15, 0.2) is 0 Å². The highest BCUT2D eigenvalue weighted by Gasteiger charge is 2.49. The fourth-order valence-electron chi connectivity index (χ4n) is 2.94. The molecule has 8 heteroatoms. The highest BCUT2D eigenvalue weighted by Crippen LogP contribution is 2.37. The number of piperidine rings is 1. The van der Waals surface area contributed by atoms with Gasteiger partial charge in [-0.3, -0.25) is 0 Å². The lowest BCUT2D eigenvalue weighted by Gasteiger charge is -2.30. The van der Waals surface area contributed by atoms with Gasteiger partial charge in [0.25, 0.3) is 0 Å². The van der Waals surface area contributed by atoms with E-state index in [-0.39, 0.29) is 6.10 Å². The summed E-state index contributed by atoms with van der Waals surface area (Å²) in [6.07, 6.45) is 4.98.